The molecule has 3 heteroatoms. The molecule has 0 unspecified atom stereocenters. The minimum Gasteiger partial charge on any atom is -0.490 e. The molecule has 1 nitrogen and oxygen atoms in total. The van der Waals surface area contributed by atoms with Crippen LogP contribution in [0.15, 0.2) is 22.7 Å². The molecule has 0 atom stereocenters. The lowest BCUT2D eigenvalue weighted by molar-refractivity contribution is 0.301. The average molecular weight is 306 g/mol. The van der Waals surface area contributed by atoms with E-state index in [0.717, 1.165) is 15.6 Å². The molecule has 0 aliphatic heterocycles. The van der Waals surface area contributed by atoms with Crippen molar-refractivity contribution in [2.45, 2.75) is 24.3 Å². The predicted molar refractivity (Wildman–Crippen MR) is 60.4 cm³/mol. The van der Waals surface area contributed by atoms with Crippen LogP contribution >= 0.6 is 31.9 Å². The second kappa shape index (κ2) is 4.01. The molecule has 1 aromatic carbocycles. The molecular formula is C10H10Br2O. The fraction of sp³-hybridized carbons (Fsp3) is 0.400. The van der Waals surface area contributed by atoms with E-state index in [0.29, 0.717) is 6.10 Å². The van der Waals surface area contributed by atoms with Crippen LogP contribution in [0.2, 0.25) is 0 Å². The van der Waals surface area contributed by atoms with Crippen molar-refractivity contribution in [3.63, 3.8) is 0 Å². The normalized spacial score (nSPS) is 15.8. The van der Waals surface area contributed by atoms with Gasteiger partial charge in [0.05, 0.1) is 6.10 Å². The van der Waals surface area contributed by atoms with Gasteiger partial charge in [-0.1, -0.05) is 31.9 Å². The number of hydrogen-bond acceptors (Lipinski definition) is 1. The molecule has 0 bridgehead atoms. The summed E-state index contributed by atoms with van der Waals surface area (Å²) in [7, 11) is 0. The zero-order chi connectivity index (χ0) is 9.26. The topological polar surface area (TPSA) is 9.23 Å². The first kappa shape index (κ1) is 9.53. The summed E-state index contributed by atoms with van der Waals surface area (Å²) >= 11 is 6.89. The monoisotopic (exact) mass is 304 g/mol. The summed E-state index contributed by atoms with van der Waals surface area (Å²) in [6, 6.07) is 6.13. The molecule has 0 heterocycles. The van der Waals surface area contributed by atoms with Crippen LogP contribution in [-0.2, 0) is 5.33 Å². The van der Waals surface area contributed by atoms with Crippen LogP contribution in [0.1, 0.15) is 18.4 Å². The van der Waals surface area contributed by atoms with Gasteiger partial charge in [-0.2, -0.15) is 0 Å². The predicted octanol–water partition coefficient (Wildman–Crippen LogP) is 3.89. The minimum atomic E-state index is 0.471. The zero-order valence-electron chi connectivity index (χ0n) is 7.09. The van der Waals surface area contributed by atoms with Crippen molar-refractivity contribution in [2.24, 2.45) is 0 Å². The Hall–Kier alpha value is -0.0200. The van der Waals surface area contributed by atoms with Crippen LogP contribution in [0.5, 0.6) is 5.75 Å². The van der Waals surface area contributed by atoms with Crippen LogP contribution < -0.4 is 4.74 Å². The van der Waals surface area contributed by atoms with Gasteiger partial charge in [-0.3, -0.25) is 0 Å². The number of ether oxygens (including phenoxy) is 1. The lowest BCUT2D eigenvalue weighted by Gasteiger charge is -2.08. The van der Waals surface area contributed by atoms with Gasteiger partial charge in [0, 0.05) is 15.4 Å². The fourth-order valence-electron chi connectivity index (χ4n) is 1.13. The molecule has 1 aromatic rings. The van der Waals surface area contributed by atoms with Gasteiger partial charge >= 0.3 is 0 Å². The molecule has 13 heavy (non-hydrogen) atoms. The summed E-state index contributed by atoms with van der Waals surface area (Å²) in [5.41, 5.74) is 1.21. The fourth-order valence-corrected chi connectivity index (χ4v) is 1.98. The number of halogens is 2. The highest BCUT2D eigenvalue weighted by atomic mass is 79.9. The van der Waals surface area contributed by atoms with E-state index < -0.39 is 0 Å². The lowest BCUT2D eigenvalue weighted by Crippen LogP contribution is -1.98. The van der Waals surface area contributed by atoms with E-state index in [9.17, 15) is 0 Å². The van der Waals surface area contributed by atoms with Crippen molar-refractivity contribution >= 4 is 31.9 Å². The summed E-state index contributed by atoms with van der Waals surface area (Å²) in [5, 5.41) is 0.842. The average Bonchev–Trinajstić information content (AvgIpc) is 2.92. The third-order valence-electron chi connectivity index (χ3n) is 1.98. The molecular weight excluding hydrogens is 296 g/mol. The third kappa shape index (κ3) is 2.47. The van der Waals surface area contributed by atoms with E-state index in [1.807, 2.05) is 12.1 Å². The standard InChI is InChI=1S/C10H10Br2O/c11-6-7-5-8(12)1-4-10(7)13-9-2-3-9/h1,4-5,9H,2-3,6H2. The highest BCUT2D eigenvalue weighted by molar-refractivity contribution is 9.10. The highest BCUT2D eigenvalue weighted by Gasteiger charge is 2.24. The number of hydrogen-bond donors (Lipinski definition) is 0. The summed E-state index contributed by atoms with van der Waals surface area (Å²) in [6.07, 6.45) is 2.88. The van der Waals surface area contributed by atoms with E-state index in [2.05, 4.69) is 37.9 Å². The van der Waals surface area contributed by atoms with E-state index >= 15 is 0 Å². The molecule has 70 valence electrons. The van der Waals surface area contributed by atoms with Gasteiger partial charge in [0.1, 0.15) is 5.75 Å². The van der Waals surface area contributed by atoms with Crippen LogP contribution in [0.3, 0.4) is 0 Å². The first-order valence-electron chi connectivity index (χ1n) is 4.30. The second-order valence-electron chi connectivity index (χ2n) is 3.20. The maximum absolute atomic E-state index is 5.75. The SMILES string of the molecule is BrCc1cc(Br)ccc1OC1CC1. The Bertz CT molecular complexity index is 308. The van der Waals surface area contributed by atoms with Gasteiger partial charge in [-0.05, 0) is 31.0 Å². The van der Waals surface area contributed by atoms with Gasteiger partial charge in [0.15, 0.2) is 0 Å². The molecule has 0 amide bonds. The molecule has 0 radical (unpaired) electrons. The second-order valence-corrected chi connectivity index (χ2v) is 4.68. The summed E-state index contributed by atoms with van der Waals surface area (Å²) in [4.78, 5) is 0. The Morgan fingerprint density at radius 3 is 2.77 bits per heavy atom. The molecule has 0 N–H and O–H groups in total. The van der Waals surface area contributed by atoms with Crippen molar-refractivity contribution in [3.05, 3.63) is 28.2 Å². The molecule has 0 saturated heterocycles. The van der Waals surface area contributed by atoms with Gasteiger partial charge in [-0.25, -0.2) is 0 Å². The summed E-state index contributed by atoms with van der Waals surface area (Å²) < 4.78 is 6.85. The van der Waals surface area contributed by atoms with Gasteiger partial charge in [0.25, 0.3) is 0 Å². The molecule has 0 spiro atoms. The van der Waals surface area contributed by atoms with Crippen molar-refractivity contribution in [1.29, 1.82) is 0 Å². The van der Waals surface area contributed by atoms with Crippen LogP contribution in [-0.4, -0.2) is 6.10 Å². The van der Waals surface area contributed by atoms with Crippen molar-refractivity contribution < 1.29 is 4.74 Å². The Labute approximate surface area is 94.7 Å². The maximum Gasteiger partial charge on any atom is 0.123 e. The molecule has 1 aliphatic rings. The summed E-state index contributed by atoms with van der Waals surface area (Å²) in [6.45, 7) is 0. The molecule has 1 fully saturated rings. The Morgan fingerprint density at radius 2 is 2.15 bits per heavy atom. The van der Waals surface area contributed by atoms with E-state index in [1.165, 1.54) is 18.4 Å². The van der Waals surface area contributed by atoms with Crippen molar-refractivity contribution in [1.82, 2.24) is 0 Å². The van der Waals surface area contributed by atoms with E-state index in [4.69, 9.17) is 4.74 Å². The van der Waals surface area contributed by atoms with Crippen LogP contribution in [0, 0.1) is 0 Å². The van der Waals surface area contributed by atoms with Crippen molar-refractivity contribution in [3.8, 4) is 5.75 Å². The Kier molecular flexibility index (Phi) is 2.94. The summed E-state index contributed by atoms with van der Waals surface area (Å²) in [5.74, 6) is 1.02. The van der Waals surface area contributed by atoms with Crippen LogP contribution in [0.4, 0.5) is 0 Å². The van der Waals surface area contributed by atoms with Gasteiger partial charge in [0.2, 0.25) is 0 Å². The number of benzene rings is 1. The minimum absolute atomic E-state index is 0.471. The Balaban J connectivity index is 2.21. The highest BCUT2D eigenvalue weighted by Crippen LogP contribution is 2.31. The van der Waals surface area contributed by atoms with Crippen molar-refractivity contribution in [2.75, 3.05) is 0 Å². The Morgan fingerprint density at radius 1 is 1.38 bits per heavy atom. The third-order valence-corrected chi connectivity index (χ3v) is 3.08. The molecule has 2 rings (SSSR count). The van der Waals surface area contributed by atoms with E-state index in [-0.39, 0.29) is 0 Å². The van der Waals surface area contributed by atoms with Gasteiger partial charge < -0.3 is 4.74 Å². The first-order chi connectivity index (χ1) is 6.29. The maximum atomic E-state index is 5.75. The quantitative estimate of drug-likeness (QED) is 0.770. The van der Waals surface area contributed by atoms with Gasteiger partial charge in [-0.15, -0.1) is 0 Å². The zero-order valence-corrected chi connectivity index (χ0v) is 10.3. The molecule has 1 saturated carbocycles. The molecule has 0 aromatic heterocycles. The largest absolute Gasteiger partial charge is 0.490 e. The number of rotatable bonds is 3. The lowest BCUT2D eigenvalue weighted by atomic mass is 10.2. The van der Waals surface area contributed by atoms with Crippen LogP contribution in [0.25, 0.3) is 0 Å². The number of alkyl halides is 1. The first-order valence-corrected chi connectivity index (χ1v) is 6.22. The van der Waals surface area contributed by atoms with E-state index in [1.54, 1.807) is 0 Å². The molecule has 1 aliphatic carbocycles. The smallest absolute Gasteiger partial charge is 0.123 e.